The fraction of sp³-hybridized carbons (Fsp3) is 0.636. The monoisotopic (exact) mass is 421 g/mol. The molecule has 30 heavy (non-hydrogen) atoms. The second kappa shape index (κ2) is 11.5. The van der Waals surface area contributed by atoms with Gasteiger partial charge in [0.2, 0.25) is 5.91 Å². The number of carbonyl (C=O) groups excluding carboxylic acids is 3. The number of aromatic nitrogens is 1. The van der Waals surface area contributed by atoms with Crippen LogP contribution >= 0.6 is 0 Å². The van der Waals surface area contributed by atoms with Crippen molar-refractivity contribution in [1.29, 1.82) is 0 Å². The molecule has 0 saturated heterocycles. The predicted molar refractivity (Wildman–Crippen MR) is 115 cm³/mol. The van der Waals surface area contributed by atoms with Gasteiger partial charge in [0.25, 0.3) is 0 Å². The Labute approximate surface area is 179 Å². The van der Waals surface area contributed by atoms with Crippen LogP contribution in [-0.4, -0.2) is 48.3 Å². The van der Waals surface area contributed by atoms with E-state index in [4.69, 9.17) is 9.47 Å². The molecule has 1 N–H and O–H groups in total. The number of methoxy groups -OCH3 is 1. The SMILES string of the molecule is CC[C@H](C)[C@H](NC(=O)CCCN(C(=O)OC(C)(C)C)c1cc(C)ccn1)C(=O)OC. The van der Waals surface area contributed by atoms with Crippen LogP contribution in [0.2, 0.25) is 0 Å². The highest BCUT2D eigenvalue weighted by molar-refractivity contribution is 5.87. The third-order valence-corrected chi connectivity index (χ3v) is 4.56. The van der Waals surface area contributed by atoms with Crippen molar-refractivity contribution in [3.8, 4) is 0 Å². The highest BCUT2D eigenvalue weighted by atomic mass is 16.6. The highest BCUT2D eigenvalue weighted by Gasteiger charge is 2.27. The first-order chi connectivity index (χ1) is 14.0. The van der Waals surface area contributed by atoms with Crippen molar-refractivity contribution in [1.82, 2.24) is 10.3 Å². The molecule has 8 nitrogen and oxygen atoms in total. The summed E-state index contributed by atoms with van der Waals surface area (Å²) in [4.78, 5) is 42.7. The number of hydrogen-bond donors (Lipinski definition) is 1. The van der Waals surface area contributed by atoms with Gasteiger partial charge in [-0.1, -0.05) is 20.3 Å². The third kappa shape index (κ3) is 8.39. The summed E-state index contributed by atoms with van der Waals surface area (Å²) >= 11 is 0. The first-order valence-electron chi connectivity index (χ1n) is 10.3. The number of ether oxygens (including phenoxy) is 2. The van der Waals surface area contributed by atoms with E-state index in [1.807, 2.05) is 26.8 Å². The van der Waals surface area contributed by atoms with Gasteiger partial charge in [0.05, 0.1) is 7.11 Å². The topological polar surface area (TPSA) is 97.8 Å². The lowest BCUT2D eigenvalue weighted by atomic mass is 9.99. The van der Waals surface area contributed by atoms with E-state index in [-0.39, 0.29) is 24.8 Å². The van der Waals surface area contributed by atoms with Crippen molar-refractivity contribution >= 4 is 23.8 Å². The molecule has 1 aromatic heterocycles. The number of carbonyl (C=O) groups is 3. The van der Waals surface area contributed by atoms with Crippen LogP contribution in [0.3, 0.4) is 0 Å². The van der Waals surface area contributed by atoms with Crippen molar-refractivity contribution in [2.24, 2.45) is 5.92 Å². The molecule has 0 aromatic carbocycles. The van der Waals surface area contributed by atoms with Crippen LogP contribution in [-0.2, 0) is 19.1 Å². The molecular weight excluding hydrogens is 386 g/mol. The Kier molecular flexibility index (Phi) is 9.75. The van der Waals surface area contributed by atoms with Gasteiger partial charge in [0.15, 0.2) is 0 Å². The summed E-state index contributed by atoms with van der Waals surface area (Å²) in [5.41, 5.74) is 0.307. The molecule has 0 saturated carbocycles. The van der Waals surface area contributed by atoms with Gasteiger partial charge in [0.1, 0.15) is 17.5 Å². The number of hydrogen-bond acceptors (Lipinski definition) is 6. The maximum atomic E-state index is 12.7. The first-order valence-corrected chi connectivity index (χ1v) is 10.3. The molecule has 2 atom stereocenters. The average Bonchev–Trinajstić information content (AvgIpc) is 2.66. The van der Waals surface area contributed by atoms with Crippen LogP contribution in [0.1, 0.15) is 59.4 Å². The van der Waals surface area contributed by atoms with Crippen LogP contribution in [0.25, 0.3) is 0 Å². The molecule has 0 aliphatic carbocycles. The zero-order chi connectivity index (χ0) is 22.9. The number of nitrogens with zero attached hydrogens (tertiary/aromatic N) is 2. The zero-order valence-corrected chi connectivity index (χ0v) is 19.2. The molecule has 0 spiro atoms. The lowest BCUT2D eigenvalue weighted by Gasteiger charge is -2.27. The summed E-state index contributed by atoms with van der Waals surface area (Å²) in [6, 6.07) is 2.94. The van der Waals surface area contributed by atoms with Crippen molar-refractivity contribution < 1.29 is 23.9 Å². The van der Waals surface area contributed by atoms with Gasteiger partial charge in [0, 0.05) is 19.2 Å². The zero-order valence-electron chi connectivity index (χ0n) is 19.2. The van der Waals surface area contributed by atoms with E-state index >= 15 is 0 Å². The number of anilines is 1. The van der Waals surface area contributed by atoms with E-state index in [9.17, 15) is 14.4 Å². The van der Waals surface area contributed by atoms with Gasteiger partial charge >= 0.3 is 12.1 Å². The van der Waals surface area contributed by atoms with Crippen LogP contribution in [0, 0.1) is 12.8 Å². The molecule has 0 unspecified atom stereocenters. The Bertz CT molecular complexity index is 730. The number of esters is 1. The Morgan fingerprint density at radius 2 is 1.93 bits per heavy atom. The molecule has 8 heteroatoms. The normalized spacial score (nSPS) is 13.2. The Morgan fingerprint density at radius 3 is 2.47 bits per heavy atom. The van der Waals surface area contributed by atoms with Crippen LogP contribution in [0.5, 0.6) is 0 Å². The summed E-state index contributed by atoms with van der Waals surface area (Å²) in [5.74, 6) is -0.308. The summed E-state index contributed by atoms with van der Waals surface area (Å²) < 4.78 is 10.3. The minimum atomic E-state index is -0.687. The molecule has 1 aromatic rings. The summed E-state index contributed by atoms with van der Waals surface area (Å²) in [6.45, 7) is 11.4. The second-order valence-electron chi connectivity index (χ2n) is 8.38. The number of pyridine rings is 1. The lowest BCUT2D eigenvalue weighted by molar-refractivity contribution is -0.146. The molecule has 0 radical (unpaired) electrons. The second-order valence-corrected chi connectivity index (χ2v) is 8.38. The molecule has 0 bridgehead atoms. The largest absolute Gasteiger partial charge is 0.467 e. The number of aryl methyl sites for hydroxylation is 1. The molecule has 168 valence electrons. The van der Waals surface area contributed by atoms with Gasteiger partial charge in [-0.05, 0) is 57.7 Å². The fourth-order valence-electron chi connectivity index (χ4n) is 2.72. The molecule has 1 rings (SSSR count). The lowest BCUT2D eigenvalue weighted by Crippen LogP contribution is -2.46. The Hall–Kier alpha value is -2.64. The van der Waals surface area contributed by atoms with Gasteiger partial charge in [-0.25, -0.2) is 14.6 Å². The van der Waals surface area contributed by atoms with E-state index in [2.05, 4.69) is 10.3 Å². The van der Waals surface area contributed by atoms with Crippen molar-refractivity contribution in [2.75, 3.05) is 18.6 Å². The molecule has 1 heterocycles. The number of amides is 2. The standard InChI is InChI=1S/C22H35N3O5/c1-8-16(3)19(20(27)29-7)24-18(26)10-9-13-25(21(28)30-22(4,5)6)17-14-15(2)11-12-23-17/h11-12,14,16,19H,8-10,13H2,1-7H3,(H,24,26)/t16-,19-/m0/s1. The van der Waals surface area contributed by atoms with E-state index < -0.39 is 23.7 Å². The van der Waals surface area contributed by atoms with Crippen molar-refractivity contribution in [3.63, 3.8) is 0 Å². The van der Waals surface area contributed by atoms with Crippen LogP contribution in [0.4, 0.5) is 10.6 Å². The summed E-state index contributed by atoms with van der Waals surface area (Å²) in [5, 5.41) is 2.74. The molecule has 0 aliphatic rings. The van der Waals surface area contributed by atoms with Crippen molar-refractivity contribution in [2.45, 2.75) is 72.4 Å². The molecule has 0 aliphatic heterocycles. The number of rotatable bonds is 9. The maximum Gasteiger partial charge on any atom is 0.416 e. The van der Waals surface area contributed by atoms with Crippen molar-refractivity contribution in [3.05, 3.63) is 23.9 Å². The van der Waals surface area contributed by atoms with E-state index in [0.717, 1.165) is 12.0 Å². The van der Waals surface area contributed by atoms with Gasteiger partial charge in [-0.15, -0.1) is 0 Å². The highest BCUT2D eigenvalue weighted by Crippen LogP contribution is 2.18. The van der Waals surface area contributed by atoms with Crippen LogP contribution < -0.4 is 10.2 Å². The molecule has 0 fully saturated rings. The fourth-order valence-corrected chi connectivity index (χ4v) is 2.72. The quantitative estimate of drug-likeness (QED) is 0.612. The van der Waals surface area contributed by atoms with E-state index in [0.29, 0.717) is 12.2 Å². The summed E-state index contributed by atoms with van der Waals surface area (Å²) in [7, 11) is 1.30. The molecule has 2 amide bonds. The van der Waals surface area contributed by atoms with Gasteiger partial charge in [-0.3, -0.25) is 9.69 Å². The van der Waals surface area contributed by atoms with Gasteiger partial charge < -0.3 is 14.8 Å². The minimum Gasteiger partial charge on any atom is -0.467 e. The van der Waals surface area contributed by atoms with E-state index in [1.165, 1.54) is 12.0 Å². The maximum absolute atomic E-state index is 12.7. The Morgan fingerprint density at radius 1 is 1.27 bits per heavy atom. The van der Waals surface area contributed by atoms with E-state index in [1.54, 1.807) is 33.0 Å². The number of nitrogens with one attached hydrogen (secondary N) is 1. The first kappa shape index (κ1) is 25.4. The predicted octanol–water partition coefficient (Wildman–Crippen LogP) is 3.62. The Balaban J connectivity index is 2.80. The van der Waals surface area contributed by atoms with Gasteiger partial charge in [-0.2, -0.15) is 0 Å². The minimum absolute atomic E-state index is 0.0452. The molecular formula is C22H35N3O5. The smallest absolute Gasteiger partial charge is 0.416 e. The van der Waals surface area contributed by atoms with Crippen LogP contribution in [0.15, 0.2) is 18.3 Å². The third-order valence-electron chi connectivity index (χ3n) is 4.56. The summed E-state index contributed by atoms with van der Waals surface area (Å²) in [6.07, 6.45) is 2.37. The average molecular weight is 422 g/mol.